The predicted octanol–water partition coefficient (Wildman–Crippen LogP) is 4.79. The number of pyridine rings is 1. The highest BCUT2D eigenvalue weighted by Gasteiger charge is 2.17. The number of primary amides is 1. The molecule has 0 aliphatic heterocycles. The van der Waals surface area contributed by atoms with E-state index in [4.69, 9.17) is 10.5 Å². The zero-order chi connectivity index (χ0) is 24.2. The van der Waals surface area contributed by atoms with Gasteiger partial charge in [-0.05, 0) is 30.2 Å². The topological polar surface area (TPSA) is 127 Å². The van der Waals surface area contributed by atoms with E-state index in [-0.39, 0.29) is 5.92 Å². The van der Waals surface area contributed by atoms with Crippen LogP contribution in [0.2, 0.25) is 0 Å². The molecule has 0 bridgehead atoms. The molecule has 0 radical (unpaired) electrons. The molecule has 0 saturated carbocycles. The van der Waals surface area contributed by atoms with Crippen molar-refractivity contribution >= 4 is 45.2 Å². The lowest BCUT2D eigenvalue weighted by atomic mass is 10.0. The van der Waals surface area contributed by atoms with Crippen molar-refractivity contribution in [2.45, 2.75) is 20.1 Å². The molecule has 0 aliphatic carbocycles. The minimum absolute atomic E-state index is 0.225. The van der Waals surface area contributed by atoms with E-state index in [1.54, 1.807) is 36.4 Å². The molecule has 4 rings (SSSR count). The van der Waals surface area contributed by atoms with Crippen molar-refractivity contribution in [1.29, 1.82) is 0 Å². The zero-order valence-electron chi connectivity index (χ0n) is 18.9. The third-order valence-corrected chi connectivity index (χ3v) is 5.25. The van der Waals surface area contributed by atoms with Gasteiger partial charge in [0.1, 0.15) is 0 Å². The van der Waals surface area contributed by atoms with Crippen LogP contribution < -0.4 is 16.4 Å². The number of carbonyl (C=O) groups is 2. The van der Waals surface area contributed by atoms with Gasteiger partial charge in [-0.1, -0.05) is 56.3 Å². The molecule has 5 N–H and O–H groups in total. The van der Waals surface area contributed by atoms with Gasteiger partial charge in [-0.15, -0.1) is 0 Å². The zero-order valence-corrected chi connectivity index (χ0v) is 18.9. The van der Waals surface area contributed by atoms with Crippen molar-refractivity contribution in [2.75, 3.05) is 17.2 Å². The molecule has 8 nitrogen and oxygen atoms in total. The van der Waals surface area contributed by atoms with Crippen LogP contribution in [-0.4, -0.2) is 28.7 Å². The Hall–Kier alpha value is -4.17. The van der Waals surface area contributed by atoms with Crippen molar-refractivity contribution in [2.24, 2.45) is 11.7 Å². The number of aliphatic hydroxyl groups excluding tert-OH is 1. The number of benzene rings is 3. The SMILES string of the molecule is CC(C)COC(=O)Nc1cccc(C(O)Nc2c3ccccc3nc3c(C(N)=O)cccc23)c1. The van der Waals surface area contributed by atoms with Gasteiger partial charge in [0.15, 0.2) is 6.23 Å². The average Bonchev–Trinajstić information content (AvgIpc) is 2.82. The Morgan fingerprint density at radius 1 is 1.03 bits per heavy atom. The van der Waals surface area contributed by atoms with Gasteiger partial charge in [0, 0.05) is 22.0 Å². The molecule has 0 fully saturated rings. The van der Waals surface area contributed by atoms with Crippen LogP contribution in [0.25, 0.3) is 21.8 Å². The first-order valence-corrected chi connectivity index (χ1v) is 10.9. The second-order valence-corrected chi connectivity index (χ2v) is 8.36. The summed E-state index contributed by atoms with van der Waals surface area (Å²) in [6.07, 6.45) is -1.67. The lowest BCUT2D eigenvalue weighted by Crippen LogP contribution is -2.17. The van der Waals surface area contributed by atoms with E-state index in [9.17, 15) is 14.7 Å². The fourth-order valence-corrected chi connectivity index (χ4v) is 3.67. The largest absolute Gasteiger partial charge is 0.449 e. The number of hydrogen-bond acceptors (Lipinski definition) is 6. The first-order valence-electron chi connectivity index (χ1n) is 10.9. The highest BCUT2D eigenvalue weighted by molar-refractivity contribution is 6.13. The van der Waals surface area contributed by atoms with Gasteiger partial charge < -0.3 is 20.9 Å². The van der Waals surface area contributed by atoms with Crippen LogP contribution in [0.15, 0.2) is 66.7 Å². The fraction of sp³-hybridized carbons (Fsp3) is 0.192. The van der Waals surface area contributed by atoms with E-state index in [1.165, 1.54) is 0 Å². The number of nitrogens with zero attached hydrogens (tertiary/aromatic N) is 1. The summed E-state index contributed by atoms with van der Waals surface area (Å²) in [6, 6.07) is 19.4. The normalized spacial score (nSPS) is 12.0. The number of carbonyl (C=O) groups excluding carboxylic acids is 2. The van der Waals surface area contributed by atoms with Gasteiger partial charge in [-0.3, -0.25) is 10.1 Å². The number of para-hydroxylation sites is 2. The fourth-order valence-electron chi connectivity index (χ4n) is 3.67. The van der Waals surface area contributed by atoms with E-state index in [2.05, 4.69) is 15.6 Å². The molecule has 174 valence electrons. The Morgan fingerprint density at radius 3 is 2.53 bits per heavy atom. The molecule has 0 aliphatic rings. The van der Waals surface area contributed by atoms with Crippen molar-refractivity contribution in [3.63, 3.8) is 0 Å². The Balaban J connectivity index is 1.68. The van der Waals surface area contributed by atoms with Gasteiger partial charge in [0.05, 0.1) is 28.9 Å². The molecule has 1 atom stereocenters. The highest BCUT2D eigenvalue weighted by atomic mass is 16.5. The smallest absolute Gasteiger partial charge is 0.411 e. The van der Waals surface area contributed by atoms with Crippen LogP contribution in [0, 0.1) is 5.92 Å². The van der Waals surface area contributed by atoms with Crippen molar-refractivity contribution in [1.82, 2.24) is 4.98 Å². The van der Waals surface area contributed by atoms with Gasteiger partial charge in [-0.2, -0.15) is 0 Å². The molecular weight excluding hydrogens is 432 g/mol. The summed E-state index contributed by atoms with van der Waals surface area (Å²) in [7, 11) is 0. The van der Waals surface area contributed by atoms with E-state index < -0.39 is 18.2 Å². The first-order chi connectivity index (χ1) is 16.3. The van der Waals surface area contributed by atoms with Crippen LogP contribution in [0.1, 0.15) is 36.0 Å². The van der Waals surface area contributed by atoms with Crippen LogP contribution in [-0.2, 0) is 4.74 Å². The standard InChI is InChI=1S/C26H26N4O4/c1-15(2)14-34-26(33)28-17-8-5-7-16(13-17)25(32)30-22-18-9-3-4-12-21(18)29-23-19(22)10-6-11-20(23)24(27)31/h3-13,15,25,32H,14H2,1-2H3,(H2,27,31)(H,28,33)(H,29,30). The maximum Gasteiger partial charge on any atom is 0.411 e. The maximum absolute atomic E-state index is 12.0. The number of ether oxygens (including phenoxy) is 1. The van der Waals surface area contributed by atoms with E-state index in [0.717, 1.165) is 5.39 Å². The van der Waals surface area contributed by atoms with Gasteiger partial charge in [0.2, 0.25) is 0 Å². The monoisotopic (exact) mass is 458 g/mol. The number of amides is 2. The number of fused-ring (bicyclic) bond motifs is 2. The molecule has 1 aromatic heterocycles. The summed E-state index contributed by atoms with van der Waals surface area (Å²) < 4.78 is 5.16. The van der Waals surface area contributed by atoms with Crippen LogP contribution >= 0.6 is 0 Å². The first kappa shape index (κ1) is 23.0. The maximum atomic E-state index is 12.0. The molecular formula is C26H26N4O4. The van der Waals surface area contributed by atoms with Crippen LogP contribution in [0.3, 0.4) is 0 Å². The molecule has 1 unspecified atom stereocenters. The van der Waals surface area contributed by atoms with Crippen molar-refractivity contribution < 1.29 is 19.4 Å². The van der Waals surface area contributed by atoms with Crippen molar-refractivity contribution in [3.8, 4) is 0 Å². The van der Waals surface area contributed by atoms with Gasteiger partial charge in [0.25, 0.3) is 5.91 Å². The Labute approximate surface area is 196 Å². The second kappa shape index (κ2) is 9.76. The molecule has 2 amide bonds. The summed E-state index contributed by atoms with van der Waals surface area (Å²) >= 11 is 0. The summed E-state index contributed by atoms with van der Waals surface area (Å²) in [6.45, 7) is 4.22. The summed E-state index contributed by atoms with van der Waals surface area (Å²) in [5.74, 6) is -0.355. The second-order valence-electron chi connectivity index (χ2n) is 8.36. The number of aromatic nitrogens is 1. The minimum atomic E-state index is -1.11. The third kappa shape index (κ3) is 4.92. The molecule has 34 heavy (non-hydrogen) atoms. The molecule has 1 heterocycles. The van der Waals surface area contributed by atoms with E-state index in [0.29, 0.717) is 45.5 Å². The lowest BCUT2D eigenvalue weighted by molar-refractivity contribution is 0.100. The average molecular weight is 459 g/mol. The minimum Gasteiger partial charge on any atom is -0.449 e. The summed E-state index contributed by atoms with van der Waals surface area (Å²) in [5, 5.41) is 18.3. The Morgan fingerprint density at radius 2 is 1.76 bits per heavy atom. The molecule has 8 heteroatoms. The van der Waals surface area contributed by atoms with E-state index in [1.807, 2.05) is 44.2 Å². The predicted molar refractivity (Wildman–Crippen MR) is 133 cm³/mol. The number of nitrogens with one attached hydrogen (secondary N) is 2. The van der Waals surface area contributed by atoms with E-state index >= 15 is 0 Å². The highest BCUT2D eigenvalue weighted by Crippen LogP contribution is 2.34. The molecule has 4 aromatic rings. The lowest BCUT2D eigenvalue weighted by Gasteiger charge is -2.19. The van der Waals surface area contributed by atoms with Crippen LogP contribution in [0.5, 0.6) is 0 Å². The van der Waals surface area contributed by atoms with Gasteiger partial charge >= 0.3 is 6.09 Å². The molecule has 0 saturated heterocycles. The Bertz CT molecular complexity index is 1370. The number of rotatable bonds is 7. The summed E-state index contributed by atoms with van der Waals surface area (Å²) in [4.78, 5) is 28.6. The molecule has 0 spiro atoms. The number of hydrogen-bond donors (Lipinski definition) is 4. The third-order valence-electron chi connectivity index (χ3n) is 5.25. The number of anilines is 2. The Kier molecular flexibility index (Phi) is 6.60. The van der Waals surface area contributed by atoms with Gasteiger partial charge in [-0.25, -0.2) is 9.78 Å². The quantitative estimate of drug-likeness (QED) is 0.233. The summed E-state index contributed by atoms with van der Waals surface area (Å²) in [5.41, 5.74) is 8.61. The number of aliphatic hydroxyl groups is 1. The number of nitrogens with two attached hydrogens (primary N) is 1. The van der Waals surface area contributed by atoms with Crippen molar-refractivity contribution in [3.05, 3.63) is 77.9 Å². The van der Waals surface area contributed by atoms with Crippen LogP contribution in [0.4, 0.5) is 16.2 Å². The molecule has 3 aromatic carbocycles.